The highest BCUT2D eigenvalue weighted by Crippen LogP contribution is 2.44. The van der Waals surface area contributed by atoms with Gasteiger partial charge in [0.2, 0.25) is 0 Å². The Balaban J connectivity index is 1.85. The number of nitrogens with one attached hydrogen (secondary N) is 2. The Kier molecular flexibility index (Phi) is 4.30. The zero-order chi connectivity index (χ0) is 19.1. The van der Waals surface area contributed by atoms with Crippen molar-refractivity contribution in [1.29, 1.82) is 5.41 Å². The molecule has 2 heterocycles. The Bertz CT molecular complexity index is 1010. The van der Waals surface area contributed by atoms with Crippen LogP contribution in [0.4, 0.5) is 5.69 Å². The minimum absolute atomic E-state index is 0.0721. The van der Waals surface area contributed by atoms with E-state index >= 15 is 0 Å². The smallest absolute Gasteiger partial charge is 0.119 e. The maximum absolute atomic E-state index is 8.75. The number of fused-ring (bicyclic) bond motifs is 2. The van der Waals surface area contributed by atoms with E-state index in [4.69, 9.17) is 14.9 Å². The number of ether oxygens (including phenoxy) is 2. The van der Waals surface area contributed by atoms with E-state index in [2.05, 4.69) is 48.1 Å². The summed E-state index contributed by atoms with van der Waals surface area (Å²) in [6.07, 6.45) is 2.91. The lowest BCUT2D eigenvalue weighted by molar-refractivity contribution is 0.414. The average Bonchev–Trinajstić information content (AvgIpc) is 3.26. The summed E-state index contributed by atoms with van der Waals surface area (Å²) in [4.78, 5) is 5.55. The molecule has 1 aliphatic rings. The number of benzene rings is 2. The Hall–Kier alpha value is -2.95. The van der Waals surface area contributed by atoms with Crippen LogP contribution in [-0.2, 0) is 6.42 Å². The molecule has 5 heteroatoms. The second kappa shape index (κ2) is 6.65. The van der Waals surface area contributed by atoms with Gasteiger partial charge in [-0.15, -0.1) is 0 Å². The van der Waals surface area contributed by atoms with Crippen molar-refractivity contribution in [3.63, 3.8) is 0 Å². The number of nitrogens with zero attached hydrogens (tertiary/aromatic N) is 1. The molecule has 0 spiro atoms. The van der Waals surface area contributed by atoms with Crippen molar-refractivity contribution >= 4 is 22.4 Å². The van der Waals surface area contributed by atoms with Crippen molar-refractivity contribution in [2.24, 2.45) is 5.92 Å². The third-order valence-electron chi connectivity index (χ3n) is 5.36. The molecule has 1 aliphatic heterocycles. The first kappa shape index (κ1) is 17.5. The van der Waals surface area contributed by atoms with Gasteiger partial charge in [0.05, 0.1) is 20.3 Å². The van der Waals surface area contributed by atoms with Gasteiger partial charge >= 0.3 is 0 Å². The molecule has 1 aromatic heterocycles. The Morgan fingerprint density at radius 1 is 1.11 bits per heavy atom. The third-order valence-corrected chi connectivity index (χ3v) is 5.36. The molecule has 5 nitrogen and oxygen atoms in total. The number of hydrogen-bond donors (Lipinski definition) is 2. The molecule has 0 saturated carbocycles. The first-order valence-corrected chi connectivity index (χ1v) is 9.23. The molecule has 1 unspecified atom stereocenters. The standard InChI is InChI=1S/C22H25N3O2/c1-13(2)22(23)25-20-8-6-15(26-3)9-14(20)10-21(25)18-12-24-19-7-5-16(27-4)11-17(18)19/h5-9,11-13,21,23-24H,10H2,1-4H3. The van der Waals surface area contributed by atoms with E-state index in [1.54, 1.807) is 14.2 Å². The lowest BCUT2D eigenvalue weighted by atomic mass is 10.0. The first-order valence-electron chi connectivity index (χ1n) is 9.23. The number of hydrogen-bond acceptors (Lipinski definition) is 3. The molecule has 1 atom stereocenters. The lowest BCUT2D eigenvalue weighted by Gasteiger charge is -2.30. The van der Waals surface area contributed by atoms with Crippen LogP contribution in [0.3, 0.4) is 0 Å². The highest BCUT2D eigenvalue weighted by Gasteiger charge is 2.35. The van der Waals surface area contributed by atoms with Gasteiger partial charge in [0.25, 0.3) is 0 Å². The van der Waals surface area contributed by atoms with Gasteiger partial charge in [-0.05, 0) is 48.4 Å². The number of rotatable bonds is 4. The molecule has 140 valence electrons. The van der Waals surface area contributed by atoms with Crippen LogP contribution in [0.5, 0.6) is 11.5 Å². The second-order valence-corrected chi connectivity index (χ2v) is 7.28. The summed E-state index contributed by atoms with van der Waals surface area (Å²) in [7, 11) is 3.37. The zero-order valence-corrected chi connectivity index (χ0v) is 16.2. The Labute approximate surface area is 159 Å². The van der Waals surface area contributed by atoms with Crippen LogP contribution in [0.1, 0.15) is 31.0 Å². The molecule has 0 radical (unpaired) electrons. The second-order valence-electron chi connectivity index (χ2n) is 7.28. The Morgan fingerprint density at radius 2 is 1.81 bits per heavy atom. The molecule has 0 saturated heterocycles. The molecule has 2 aromatic carbocycles. The van der Waals surface area contributed by atoms with Crippen molar-refractivity contribution in [1.82, 2.24) is 4.98 Å². The van der Waals surface area contributed by atoms with E-state index in [-0.39, 0.29) is 12.0 Å². The van der Waals surface area contributed by atoms with Crippen molar-refractivity contribution in [2.75, 3.05) is 19.1 Å². The van der Waals surface area contributed by atoms with Crippen LogP contribution in [0, 0.1) is 11.3 Å². The van der Waals surface area contributed by atoms with Crippen LogP contribution >= 0.6 is 0 Å². The molecular weight excluding hydrogens is 338 g/mol. The van der Waals surface area contributed by atoms with E-state index < -0.39 is 0 Å². The maximum atomic E-state index is 8.75. The van der Waals surface area contributed by atoms with Gasteiger partial charge in [-0.2, -0.15) is 0 Å². The van der Waals surface area contributed by atoms with Crippen molar-refractivity contribution in [2.45, 2.75) is 26.3 Å². The molecule has 0 bridgehead atoms. The zero-order valence-electron chi connectivity index (χ0n) is 16.2. The van der Waals surface area contributed by atoms with Crippen LogP contribution < -0.4 is 14.4 Å². The summed E-state index contributed by atoms with van der Waals surface area (Å²) in [5.41, 5.74) is 4.57. The fraction of sp³-hybridized carbons (Fsp3) is 0.318. The molecule has 0 fully saturated rings. The van der Waals surface area contributed by atoms with Gasteiger partial charge in [-0.1, -0.05) is 13.8 Å². The topological polar surface area (TPSA) is 61.3 Å². The van der Waals surface area contributed by atoms with Gasteiger partial charge < -0.3 is 19.4 Å². The van der Waals surface area contributed by atoms with Gasteiger partial charge in [-0.25, -0.2) is 0 Å². The summed E-state index contributed by atoms with van der Waals surface area (Å²) < 4.78 is 10.8. The number of amidine groups is 1. The van der Waals surface area contributed by atoms with Crippen LogP contribution in [0.15, 0.2) is 42.6 Å². The summed E-state index contributed by atoms with van der Waals surface area (Å²) >= 11 is 0. The molecule has 27 heavy (non-hydrogen) atoms. The number of aromatic nitrogens is 1. The van der Waals surface area contributed by atoms with Gasteiger partial charge in [-0.3, -0.25) is 5.41 Å². The van der Waals surface area contributed by atoms with E-state index in [0.29, 0.717) is 5.84 Å². The fourth-order valence-corrected chi connectivity index (χ4v) is 3.90. The molecule has 4 rings (SSSR count). The number of H-pyrrole nitrogens is 1. The van der Waals surface area contributed by atoms with Crippen LogP contribution in [0.2, 0.25) is 0 Å². The largest absolute Gasteiger partial charge is 0.497 e. The fourth-order valence-electron chi connectivity index (χ4n) is 3.90. The van der Waals surface area contributed by atoms with Crippen molar-refractivity contribution < 1.29 is 9.47 Å². The first-order chi connectivity index (χ1) is 13.0. The predicted octanol–water partition coefficient (Wildman–Crippen LogP) is 4.92. The minimum atomic E-state index is 0.0721. The Morgan fingerprint density at radius 3 is 2.52 bits per heavy atom. The summed E-state index contributed by atoms with van der Waals surface area (Å²) in [6, 6.07) is 12.3. The highest BCUT2D eigenvalue weighted by atomic mass is 16.5. The molecule has 2 N–H and O–H groups in total. The van der Waals surface area contributed by atoms with E-state index in [0.717, 1.165) is 34.5 Å². The lowest BCUT2D eigenvalue weighted by Crippen LogP contribution is -2.34. The van der Waals surface area contributed by atoms with Crippen molar-refractivity contribution in [3.05, 3.63) is 53.7 Å². The van der Waals surface area contributed by atoms with Gasteiger partial charge in [0.1, 0.15) is 17.3 Å². The molecule has 3 aromatic rings. The quantitative estimate of drug-likeness (QED) is 0.511. The number of anilines is 1. The summed E-state index contributed by atoms with van der Waals surface area (Å²) in [5, 5.41) is 9.89. The monoisotopic (exact) mass is 363 g/mol. The minimum Gasteiger partial charge on any atom is -0.497 e. The molecule has 0 amide bonds. The maximum Gasteiger partial charge on any atom is 0.119 e. The van der Waals surface area contributed by atoms with Crippen LogP contribution in [-0.4, -0.2) is 25.0 Å². The van der Waals surface area contributed by atoms with Crippen LogP contribution in [0.25, 0.3) is 10.9 Å². The third kappa shape index (κ3) is 2.83. The number of aromatic amines is 1. The predicted molar refractivity (Wildman–Crippen MR) is 109 cm³/mol. The molecular formula is C22H25N3O2. The average molecular weight is 363 g/mol. The molecule has 0 aliphatic carbocycles. The normalized spacial score (nSPS) is 16.0. The summed E-state index contributed by atoms with van der Waals surface area (Å²) in [6.45, 7) is 4.14. The van der Waals surface area contributed by atoms with Crippen molar-refractivity contribution in [3.8, 4) is 11.5 Å². The van der Waals surface area contributed by atoms with E-state index in [9.17, 15) is 0 Å². The summed E-state index contributed by atoms with van der Waals surface area (Å²) in [5.74, 6) is 2.46. The van der Waals surface area contributed by atoms with E-state index in [1.165, 1.54) is 11.1 Å². The van der Waals surface area contributed by atoms with E-state index in [1.807, 2.05) is 18.2 Å². The van der Waals surface area contributed by atoms with Gasteiger partial charge in [0, 0.05) is 34.3 Å². The number of methoxy groups -OCH3 is 2. The highest BCUT2D eigenvalue weighted by molar-refractivity contribution is 6.00. The SMILES string of the molecule is COc1ccc2c(c1)CC(c1c[nH]c3ccc(OC)cc13)N2C(=N)C(C)C. The van der Waals surface area contributed by atoms with Gasteiger partial charge in [0.15, 0.2) is 0 Å².